The third kappa shape index (κ3) is 4.09. The van der Waals surface area contributed by atoms with E-state index in [1.165, 1.54) is 24.3 Å². The van der Waals surface area contributed by atoms with Crippen LogP contribution in [-0.2, 0) is 17.8 Å². The summed E-state index contributed by atoms with van der Waals surface area (Å²) in [6, 6.07) is 9.23. The number of alkyl halides is 3. The summed E-state index contributed by atoms with van der Waals surface area (Å²) in [5, 5.41) is 12.2. The summed E-state index contributed by atoms with van der Waals surface area (Å²) in [6.07, 6.45) is -3.11. The van der Waals surface area contributed by atoms with Crippen LogP contribution in [0.1, 0.15) is 16.7 Å². The number of halogens is 3. The van der Waals surface area contributed by atoms with Gasteiger partial charge in [0.2, 0.25) is 5.91 Å². The van der Waals surface area contributed by atoms with Crippen LogP contribution in [0.5, 0.6) is 11.5 Å². The van der Waals surface area contributed by atoms with Gasteiger partial charge in [-0.2, -0.15) is 5.26 Å². The molecule has 8 heteroatoms. The van der Waals surface area contributed by atoms with Crippen molar-refractivity contribution in [1.29, 1.82) is 5.26 Å². The Labute approximate surface area is 159 Å². The van der Waals surface area contributed by atoms with E-state index in [2.05, 4.69) is 22.7 Å². The van der Waals surface area contributed by atoms with Crippen molar-refractivity contribution in [3.8, 4) is 28.7 Å². The van der Waals surface area contributed by atoms with Gasteiger partial charge < -0.3 is 14.8 Å². The van der Waals surface area contributed by atoms with Gasteiger partial charge in [0.15, 0.2) is 0 Å². The topological polar surface area (TPSA) is 71.3 Å². The maximum Gasteiger partial charge on any atom is 0.573 e. The highest BCUT2D eigenvalue weighted by atomic mass is 19.4. The molecule has 0 radical (unpaired) electrons. The summed E-state index contributed by atoms with van der Waals surface area (Å²) < 4.78 is 46.6. The minimum absolute atomic E-state index is 0.114. The van der Waals surface area contributed by atoms with Crippen molar-refractivity contribution < 1.29 is 27.4 Å². The fourth-order valence-corrected chi connectivity index (χ4v) is 3.02. The van der Waals surface area contributed by atoms with Crippen LogP contribution in [0.15, 0.2) is 43.0 Å². The van der Waals surface area contributed by atoms with E-state index in [1.54, 1.807) is 6.07 Å². The Morgan fingerprint density at radius 2 is 2.07 bits per heavy atom. The predicted molar refractivity (Wildman–Crippen MR) is 94.5 cm³/mol. The Bertz CT molecular complexity index is 961. The molecule has 0 aliphatic carbocycles. The SMILES string of the molecule is C=CC(=O)NCc1cc(-c2ccc(OC(F)(F)F)cc2)c2c(c1C#N)CCO2. The molecule has 0 unspecified atom stereocenters. The Hall–Kier alpha value is -3.47. The van der Waals surface area contributed by atoms with Crippen LogP contribution in [0.25, 0.3) is 11.1 Å². The first-order valence-electron chi connectivity index (χ1n) is 8.30. The minimum atomic E-state index is -4.77. The van der Waals surface area contributed by atoms with Gasteiger partial charge in [0.25, 0.3) is 0 Å². The highest BCUT2D eigenvalue weighted by Gasteiger charge is 2.31. The number of carbonyl (C=O) groups is 1. The van der Waals surface area contributed by atoms with E-state index in [4.69, 9.17) is 4.74 Å². The summed E-state index contributed by atoms with van der Waals surface area (Å²) in [4.78, 5) is 11.5. The molecule has 2 aromatic rings. The van der Waals surface area contributed by atoms with Gasteiger partial charge in [0, 0.05) is 24.1 Å². The molecule has 1 aliphatic rings. The van der Waals surface area contributed by atoms with Gasteiger partial charge in [-0.05, 0) is 35.4 Å². The van der Waals surface area contributed by atoms with Crippen molar-refractivity contribution in [2.45, 2.75) is 19.3 Å². The molecule has 3 rings (SSSR count). The first-order chi connectivity index (χ1) is 13.3. The Morgan fingerprint density at radius 1 is 1.36 bits per heavy atom. The van der Waals surface area contributed by atoms with Gasteiger partial charge in [-0.3, -0.25) is 4.79 Å². The highest BCUT2D eigenvalue weighted by Crippen LogP contribution is 2.41. The number of hydrogen-bond donors (Lipinski definition) is 1. The molecular weight excluding hydrogens is 373 g/mol. The summed E-state index contributed by atoms with van der Waals surface area (Å²) in [7, 11) is 0. The average molecular weight is 388 g/mol. The predicted octanol–water partition coefficient (Wildman–Crippen LogP) is 3.86. The molecule has 5 nitrogen and oxygen atoms in total. The molecule has 144 valence electrons. The molecule has 1 N–H and O–H groups in total. The van der Waals surface area contributed by atoms with Crippen LogP contribution in [0, 0.1) is 11.3 Å². The molecular formula is C20H15F3N2O3. The van der Waals surface area contributed by atoms with Crippen molar-refractivity contribution in [2.75, 3.05) is 6.61 Å². The number of nitrogens with one attached hydrogen (secondary N) is 1. The Kier molecular flexibility index (Phi) is 5.27. The van der Waals surface area contributed by atoms with Gasteiger partial charge in [-0.15, -0.1) is 13.2 Å². The lowest BCUT2D eigenvalue weighted by molar-refractivity contribution is -0.274. The van der Waals surface area contributed by atoms with Crippen LogP contribution < -0.4 is 14.8 Å². The molecule has 0 bridgehead atoms. The van der Waals surface area contributed by atoms with E-state index in [0.29, 0.717) is 41.0 Å². The molecule has 0 spiro atoms. The third-order valence-corrected chi connectivity index (χ3v) is 4.21. The van der Waals surface area contributed by atoms with Crippen molar-refractivity contribution in [1.82, 2.24) is 5.32 Å². The third-order valence-electron chi connectivity index (χ3n) is 4.21. The fourth-order valence-electron chi connectivity index (χ4n) is 3.02. The van der Waals surface area contributed by atoms with E-state index in [9.17, 15) is 23.2 Å². The second-order valence-electron chi connectivity index (χ2n) is 5.97. The van der Waals surface area contributed by atoms with Gasteiger partial charge >= 0.3 is 6.36 Å². The number of benzene rings is 2. The Balaban J connectivity index is 2.01. The van der Waals surface area contributed by atoms with Gasteiger partial charge in [-0.1, -0.05) is 18.7 Å². The summed E-state index contributed by atoms with van der Waals surface area (Å²) in [5.74, 6) is -0.184. The lowest BCUT2D eigenvalue weighted by Gasteiger charge is -2.15. The number of rotatable bonds is 5. The monoisotopic (exact) mass is 388 g/mol. The van der Waals surface area contributed by atoms with E-state index in [1.807, 2.05) is 0 Å². The first-order valence-corrected chi connectivity index (χ1v) is 8.30. The number of hydrogen-bond acceptors (Lipinski definition) is 4. The number of ether oxygens (including phenoxy) is 2. The highest BCUT2D eigenvalue weighted by molar-refractivity contribution is 5.87. The lowest BCUT2D eigenvalue weighted by atomic mass is 9.93. The Morgan fingerprint density at radius 3 is 2.68 bits per heavy atom. The number of amides is 1. The average Bonchev–Trinajstić information content (AvgIpc) is 3.14. The van der Waals surface area contributed by atoms with Gasteiger partial charge in [0.1, 0.15) is 11.5 Å². The van der Waals surface area contributed by atoms with Crippen LogP contribution in [0.3, 0.4) is 0 Å². The standard InChI is InChI=1S/C20H15F3N2O3/c1-2-18(26)25-11-13-9-16(19-15(7-8-27-19)17(13)10-24)12-3-5-14(6-4-12)28-20(21,22)23/h2-6,9H,1,7-8,11H2,(H,25,26). The molecule has 2 aromatic carbocycles. The smallest absolute Gasteiger partial charge is 0.492 e. The van der Waals surface area contributed by atoms with E-state index < -0.39 is 6.36 Å². The van der Waals surface area contributed by atoms with Crippen molar-refractivity contribution >= 4 is 5.91 Å². The quantitative estimate of drug-likeness (QED) is 0.790. The van der Waals surface area contributed by atoms with Crippen molar-refractivity contribution in [2.24, 2.45) is 0 Å². The summed E-state index contributed by atoms with van der Waals surface area (Å²) >= 11 is 0. The minimum Gasteiger partial charge on any atom is -0.492 e. The molecule has 0 saturated carbocycles. The fraction of sp³-hybridized carbons (Fsp3) is 0.200. The number of nitriles is 1. The van der Waals surface area contributed by atoms with Gasteiger partial charge in [0.05, 0.1) is 18.2 Å². The van der Waals surface area contributed by atoms with Gasteiger partial charge in [-0.25, -0.2) is 0 Å². The van der Waals surface area contributed by atoms with Crippen molar-refractivity contribution in [3.63, 3.8) is 0 Å². The number of fused-ring (bicyclic) bond motifs is 1. The lowest BCUT2D eigenvalue weighted by Crippen LogP contribution is -2.20. The van der Waals surface area contributed by atoms with Crippen molar-refractivity contribution in [3.05, 3.63) is 59.7 Å². The maximum atomic E-state index is 12.3. The van der Waals surface area contributed by atoms with Crippen LogP contribution in [-0.4, -0.2) is 18.9 Å². The zero-order chi connectivity index (χ0) is 20.3. The van der Waals surface area contributed by atoms with E-state index in [-0.39, 0.29) is 18.2 Å². The molecule has 0 atom stereocenters. The molecule has 28 heavy (non-hydrogen) atoms. The molecule has 1 heterocycles. The zero-order valence-corrected chi connectivity index (χ0v) is 14.6. The molecule has 1 amide bonds. The second-order valence-corrected chi connectivity index (χ2v) is 5.97. The second kappa shape index (κ2) is 7.64. The van der Waals surface area contributed by atoms with E-state index in [0.717, 1.165) is 11.6 Å². The van der Waals surface area contributed by atoms with E-state index >= 15 is 0 Å². The molecule has 0 fully saturated rings. The number of nitrogens with zero attached hydrogens (tertiary/aromatic N) is 1. The normalized spacial score (nSPS) is 12.5. The zero-order valence-electron chi connectivity index (χ0n) is 14.6. The summed E-state index contributed by atoms with van der Waals surface area (Å²) in [6.45, 7) is 3.89. The van der Waals surface area contributed by atoms with Crippen LogP contribution in [0.4, 0.5) is 13.2 Å². The maximum absolute atomic E-state index is 12.3. The van der Waals surface area contributed by atoms with Crippen LogP contribution in [0.2, 0.25) is 0 Å². The largest absolute Gasteiger partial charge is 0.573 e. The first kappa shape index (κ1) is 19.3. The van der Waals surface area contributed by atoms with Crippen LogP contribution >= 0.6 is 0 Å². The molecule has 0 saturated heterocycles. The molecule has 1 aliphatic heterocycles. The summed E-state index contributed by atoms with van der Waals surface area (Å²) in [5.41, 5.74) is 2.98. The number of carbonyl (C=O) groups excluding carboxylic acids is 1. The molecule has 0 aromatic heterocycles.